The first-order chi connectivity index (χ1) is 10.4. The molecule has 0 aromatic rings. The van der Waals surface area contributed by atoms with E-state index in [1.54, 1.807) is 0 Å². The summed E-state index contributed by atoms with van der Waals surface area (Å²) in [7, 11) is -1.64. The minimum atomic E-state index is -1.64. The van der Waals surface area contributed by atoms with E-state index in [4.69, 9.17) is 4.43 Å². The van der Waals surface area contributed by atoms with Crippen LogP contribution in [-0.4, -0.2) is 31.9 Å². The third-order valence-corrected chi connectivity index (χ3v) is 9.46. The number of ketones is 1. The van der Waals surface area contributed by atoms with Crippen molar-refractivity contribution in [3.63, 3.8) is 0 Å². The zero-order chi connectivity index (χ0) is 18.3. The average Bonchev–Trinajstić information content (AvgIpc) is 2.41. The number of rotatable bonds is 10. The second-order valence-corrected chi connectivity index (χ2v) is 13.3. The van der Waals surface area contributed by atoms with Gasteiger partial charge in [0.25, 0.3) is 0 Å². The minimum absolute atomic E-state index is 0.162. The van der Waals surface area contributed by atoms with Crippen molar-refractivity contribution in [3.8, 4) is 0 Å². The van der Waals surface area contributed by atoms with Gasteiger partial charge < -0.3 is 9.53 Å². The number of carbonyl (C=O) groups is 1. The summed E-state index contributed by atoms with van der Waals surface area (Å²) in [5.74, 6) is 0.408. The van der Waals surface area contributed by atoms with Crippen LogP contribution in [0.15, 0.2) is 11.6 Å². The highest BCUT2D eigenvalue weighted by Gasteiger charge is 2.37. The SMILES string of the molecule is CC(=O)C(O)CC=C(C)CCCC(C)CO[Si](C)(C)C(C)(C)C. The number of hydrogen-bond donors (Lipinski definition) is 1. The van der Waals surface area contributed by atoms with Crippen LogP contribution in [0.25, 0.3) is 0 Å². The Balaban J connectivity index is 4.05. The van der Waals surface area contributed by atoms with E-state index >= 15 is 0 Å². The van der Waals surface area contributed by atoms with Gasteiger partial charge in [-0.3, -0.25) is 4.79 Å². The van der Waals surface area contributed by atoms with Gasteiger partial charge in [-0.05, 0) is 63.6 Å². The van der Waals surface area contributed by atoms with Crippen molar-refractivity contribution in [1.82, 2.24) is 0 Å². The van der Waals surface area contributed by atoms with Gasteiger partial charge in [-0.2, -0.15) is 0 Å². The molecule has 0 saturated carbocycles. The summed E-state index contributed by atoms with van der Waals surface area (Å²) in [5, 5.41) is 9.76. The maximum absolute atomic E-state index is 11.0. The van der Waals surface area contributed by atoms with Crippen LogP contribution < -0.4 is 0 Å². The Bertz CT molecular complexity index is 394. The van der Waals surface area contributed by atoms with Crippen LogP contribution in [0.1, 0.15) is 67.2 Å². The molecule has 0 radical (unpaired) electrons. The summed E-state index contributed by atoms with van der Waals surface area (Å²) in [4.78, 5) is 11.0. The molecule has 3 nitrogen and oxygen atoms in total. The van der Waals surface area contributed by atoms with E-state index in [0.29, 0.717) is 12.3 Å². The van der Waals surface area contributed by atoms with Gasteiger partial charge >= 0.3 is 0 Å². The van der Waals surface area contributed by atoms with E-state index in [-0.39, 0.29) is 10.8 Å². The molecule has 136 valence electrons. The number of allylic oxidation sites excluding steroid dienone is 1. The Morgan fingerprint density at radius 1 is 1.26 bits per heavy atom. The van der Waals surface area contributed by atoms with E-state index in [0.717, 1.165) is 25.9 Å². The van der Waals surface area contributed by atoms with Crippen LogP contribution in [0, 0.1) is 5.92 Å². The molecule has 0 amide bonds. The first kappa shape index (κ1) is 22.5. The second-order valence-electron chi connectivity index (χ2n) is 8.48. The van der Waals surface area contributed by atoms with Crippen molar-refractivity contribution in [2.45, 2.75) is 91.5 Å². The van der Waals surface area contributed by atoms with Crippen molar-refractivity contribution in [2.75, 3.05) is 6.61 Å². The van der Waals surface area contributed by atoms with Crippen molar-refractivity contribution >= 4 is 14.1 Å². The molecule has 2 unspecified atom stereocenters. The number of carbonyl (C=O) groups excluding carboxylic acids is 1. The topological polar surface area (TPSA) is 46.5 Å². The van der Waals surface area contributed by atoms with E-state index < -0.39 is 14.4 Å². The molecule has 4 heteroatoms. The highest BCUT2D eigenvalue weighted by molar-refractivity contribution is 6.74. The molecule has 0 bridgehead atoms. The summed E-state index contributed by atoms with van der Waals surface area (Å²) < 4.78 is 6.27. The standard InChI is InChI=1S/C19H38O3Si/c1-15(12-13-18(21)17(3)20)10-9-11-16(2)14-22-23(7,8)19(4,5)6/h12,16,18,21H,9-11,13-14H2,1-8H3. The summed E-state index contributed by atoms with van der Waals surface area (Å²) in [6, 6.07) is 0. The smallest absolute Gasteiger partial charge is 0.191 e. The van der Waals surface area contributed by atoms with E-state index in [2.05, 4.69) is 47.7 Å². The van der Waals surface area contributed by atoms with Gasteiger partial charge in [-0.1, -0.05) is 39.3 Å². The molecule has 0 heterocycles. The Morgan fingerprint density at radius 3 is 2.30 bits per heavy atom. The fourth-order valence-electron chi connectivity index (χ4n) is 1.96. The lowest BCUT2D eigenvalue weighted by Crippen LogP contribution is -2.41. The quantitative estimate of drug-likeness (QED) is 0.444. The third-order valence-electron chi connectivity index (χ3n) is 4.96. The fraction of sp³-hybridized carbons (Fsp3) is 0.842. The normalized spacial score (nSPS) is 16.3. The van der Waals surface area contributed by atoms with Gasteiger partial charge in [-0.25, -0.2) is 0 Å². The largest absolute Gasteiger partial charge is 0.417 e. The second kappa shape index (κ2) is 9.75. The zero-order valence-corrected chi connectivity index (χ0v) is 17.5. The summed E-state index contributed by atoms with van der Waals surface area (Å²) in [6.45, 7) is 18.0. The van der Waals surface area contributed by atoms with Crippen molar-refractivity contribution in [2.24, 2.45) is 5.92 Å². The number of aliphatic hydroxyl groups excluding tert-OH is 1. The van der Waals surface area contributed by atoms with Crippen LogP contribution in [0.4, 0.5) is 0 Å². The fourth-order valence-corrected chi connectivity index (χ4v) is 3.09. The molecule has 0 aliphatic carbocycles. The molecule has 2 atom stereocenters. The maximum Gasteiger partial charge on any atom is 0.191 e. The van der Waals surface area contributed by atoms with Crippen molar-refractivity contribution in [1.29, 1.82) is 0 Å². The van der Waals surface area contributed by atoms with Crippen LogP contribution in [0.5, 0.6) is 0 Å². The van der Waals surface area contributed by atoms with Crippen LogP contribution >= 0.6 is 0 Å². The van der Waals surface area contributed by atoms with Crippen LogP contribution in [0.2, 0.25) is 18.1 Å². The van der Waals surface area contributed by atoms with Gasteiger partial charge in [0.1, 0.15) is 6.10 Å². The van der Waals surface area contributed by atoms with Crippen molar-refractivity contribution < 1.29 is 14.3 Å². The van der Waals surface area contributed by atoms with E-state index in [1.807, 2.05) is 6.08 Å². The van der Waals surface area contributed by atoms with Gasteiger partial charge in [0, 0.05) is 6.61 Å². The van der Waals surface area contributed by atoms with Gasteiger partial charge in [0.2, 0.25) is 0 Å². The summed E-state index contributed by atoms with van der Waals surface area (Å²) >= 11 is 0. The zero-order valence-electron chi connectivity index (χ0n) is 16.5. The predicted molar refractivity (Wildman–Crippen MR) is 101 cm³/mol. The molecule has 0 aliphatic heterocycles. The average molecular weight is 343 g/mol. The lowest BCUT2D eigenvalue weighted by molar-refractivity contribution is -0.124. The summed E-state index contributed by atoms with van der Waals surface area (Å²) in [5.41, 5.74) is 1.25. The Kier molecular flexibility index (Phi) is 9.56. The molecular formula is C19H38O3Si. The number of aliphatic hydroxyl groups is 1. The first-order valence-corrected chi connectivity index (χ1v) is 11.8. The number of Topliss-reactive ketones (excluding diaryl/α,β-unsaturated/α-hetero) is 1. The number of hydrogen-bond acceptors (Lipinski definition) is 3. The third kappa shape index (κ3) is 9.43. The Labute approximate surface area is 144 Å². The molecule has 0 aromatic carbocycles. The van der Waals surface area contributed by atoms with Gasteiger partial charge in [0.05, 0.1) is 0 Å². The van der Waals surface area contributed by atoms with E-state index in [1.165, 1.54) is 12.5 Å². The van der Waals surface area contributed by atoms with Gasteiger partial charge in [-0.15, -0.1) is 0 Å². The predicted octanol–water partition coefficient (Wildman–Crippen LogP) is 5.10. The summed E-state index contributed by atoms with van der Waals surface area (Å²) in [6.07, 6.45) is 4.88. The molecule has 0 spiro atoms. The minimum Gasteiger partial charge on any atom is -0.417 e. The van der Waals surface area contributed by atoms with Crippen LogP contribution in [-0.2, 0) is 9.22 Å². The molecule has 0 aromatic heterocycles. The maximum atomic E-state index is 11.0. The molecule has 0 fully saturated rings. The Morgan fingerprint density at radius 2 is 1.83 bits per heavy atom. The lowest BCUT2D eigenvalue weighted by atomic mass is 10.0. The highest BCUT2D eigenvalue weighted by Crippen LogP contribution is 2.36. The van der Waals surface area contributed by atoms with Gasteiger partial charge in [0.15, 0.2) is 14.1 Å². The molecule has 0 saturated heterocycles. The molecular weight excluding hydrogens is 304 g/mol. The monoisotopic (exact) mass is 342 g/mol. The lowest BCUT2D eigenvalue weighted by Gasteiger charge is -2.37. The molecule has 1 N–H and O–H groups in total. The Hall–Kier alpha value is -0.453. The molecule has 0 rings (SSSR count). The molecule has 0 aliphatic rings. The van der Waals surface area contributed by atoms with Crippen LogP contribution in [0.3, 0.4) is 0 Å². The molecule has 23 heavy (non-hydrogen) atoms. The highest BCUT2D eigenvalue weighted by atomic mass is 28.4. The first-order valence-electron chi connectivity index (χ1n) is 8.85. The van der Waals surface area contributed by atoms with Crippen molar-refractivity contribution in [3.05, 3.63) is 11.6 Å². The van der Waals surface area contributed by atoms with E-state index in [9.17, 15) is 9.90 Å².